The van der Waals surface area contributed by atoms with Crippen LogP contribution in [-0.2, 0) is 9.53 Å². The Morgan fingerprint density at radius 2 is 2.05 bits per heavy atom. The zero-order valence-electron chi connectivity index (χ0n) is 11.1. The lowest BCUT2D eigenvalue weighted by atomic mass is 10.1. The van der Waals surface area contributed by atoms with E-state index in [1.54, 1.807) is 38.1 Å². The van der Waals surface area contributed by atoms with Crippen LogP contribution in [0.4, 0.5) is 0 Å². The first-order valence-electron chi connectivity index (χ1n) is 5.93. The average Bonchev–Trinajstić information content (AvgIpc) is 2.36. The quantitative estimate of drug-likeness (QED) is 0.189. The molecule has 0 amide bonds. The molecule has 0 saturated heterocycles. The molecule has 6 nitrogen and oxygen atoms in total. The molecule has 0 bridgehead atoms. The van der Waals surface area contributed by atoms with Crippen molar-refractivity contribution in [1.29, 1.82) is 0 Å². The summed E-state index contributed by atoms with van der Waals surface area (Å²) in [6.07, 6.45) is 0.154. The third kappa shape index (κ3) is 6.45. The molecule has 1 aromatic carbocycles. The highest BCUT2D eigenvalue weighted by Crippen LogP contribution is 2.11. The first kappa shape index (κ1) is 15.0. The van der Waals surface area contributed by atoms with E-state index >= 15 is 0 Å². The highest BCUT2D eigenvalue weighted by molar-refractivity contribution is 5.72. The van der Waals surface area contributed by atoms with Crippen molar-refractivity contribution in [2.24, 2.45) is 5.11 Å². The van der Waals surface area contributed by atoms with Gasteiger partial charge in [-0.25, -0.2) is 0 Å². The molecule has 19 heavy (non-hydrogen) atoms. The van der Waals surface area contributed by atoms with Gasteiger partial charge in [0.15, 0.2) is 0 Å². The number of ether oxygens (including phenoxy) is 2. The SMILES string of the molecule is CC(C)(COCCC(=O)Oc1ccccc1)N=[N+]=[N-]. The summed E-state index contributed by atoms with van der Waals surface area (Å²) in [5.41, 5.74) is 7.73. The molecule has 0 fully saturated rings. The molecule has 0 heterocycles. The van der Waals surface area contributed by atoms with Crippen molar-refractivity contribution in [3.8, 4) is 5.75 Å². The molecule has 0 aromatic heterocycles. The number of para-hydroxylation sites is 1. The van der Waals surface area contributed by atoms with Crippen molar-refractivity contribution in [2.75, 3.05) is 13.2 Å². The van der Waals surface area contributed by atoms with Crippen LogP contribution in [0, 0.1) is 0 Å². The first-order chi connectivity index (χ1) is 9.03. The van der Waals surface area contributed by atoms with Crippen LogP contribution < -0.4 is 4.74 Å². The molecule has 0 atom stereocenters. The van der Waals surface area contributed by atoms with Gasteiger partial charge < -0.3 is 9.47 Å². The Balaban J connectivity index is 2.23. The number of hydrogen-bond donors (Lipinski definition) is 0. The molecule has 1 rings (SSSR count). The largest absolute Gasteiger partial charge is 0.426 e. The molecule has 102 valence electrons. The Hall–Kier alpha value is -2.04. The normalized spacial score (nSPS) is 10.6. The Labute approximate surface area is 112 Å². The monoisotopic (exact) mass is 263 g/mol. The van der Waals surface area contributed by atoms with Crippen molar-refractivity contribution in [1.82, 2.24) is 0 Å². The lowest BCUT2D eigenvalue weighted by Crippen LogP contribution is -2.24. The number of azide groups is 1. The maximum Gasteiger partial charge on any atom is 0.313 e. The summed E-state index contributed by atoms with van der Waals surface area (Å²) < 4.78 is 10.4. The van der Waals surface area contributed by atoms with Crippen LogP contribution in [0.1, 0.15) is 20.3 Å². The van der Waals surface area contributed by atoms with Crippen molar-refractivity contribution >= 4 is 5.97 Å². The van der Waals surface area contributed by atoms with Crippen molar-refractivity contribution in [2.45, 2.75) is 25.8 Å². The molecule has 0 radical (unpaired) electrons. The van der Waals surface area contributed by atoms with Crippen LogP contribution in [0.15, 0.2) is 35.4 Å². The molecule has 0 aliphatic carbocycles. The second-order valence-electron chi connectivity index (χ2n) is 4.59. The van der Waals surface area contributed by atoms with E-state index in [-0.39, 0.29) is 25.6 Å². The first-order valence-corrected chi connectivity index (χ1v) is 5.93. The minimum absolute atomic E-state index is 0.154. The van der Waals surface area contributed by atoms with Crippen molar-refractivity contribution < 1.29 is 14.3 Å². The van der Waals surface area contributed by atoms with E-state index in [9.17, 15) is 4.79 Å². The van der Waals surface area contributed by atoms with E-state index in [0.29, 0.717) is 5.75 Å². The lowest BCUT2D eigenvalue weighted by Gasteiger charge is -2.17. The fourth-order valence-corrected chi connectivity index (χ4v) is 1.30. The summed E-state index contributed by atoms with van der Waals surface area (Å²) in [5.74, 6) is 0.162. The summed E-state index contributed by atoms with van der Waals surface area (Å²) in [5, 5.41) is 3.58. The average molecular weight is 263 g/mol. The predicted molar refractivity (Wildman–Crippen MR) is 70.7 cm³/mol. The van der Waals surface area contributed by atoms with E-state index in [1.165, 1.54) is 0 Å². The van der Waals surface area contributed by atoms with Crippen LogP contribution >= 0.6 is 0 Å². The third-order valence-corrected chi connectivity index (χ3v) is 2.20. The van der Waals surface area contributed by atoms with Gasteiger partial charge in [-0.15, -0.1) is 0 Å². The molecular weight excluding hydrogens is 246 g/mol. The van der Waals surface area contributed by atoms with Gasteiger partial charge in [-0.3, -0.25) is 4.79 Å². The van der Waals surface area contributed by atoms with Crippen molar-refractivity contribution in [3.63, 3.8) is 0 Å². The van der Waals surface area contributed by atoms with Gasteiger partial charge in [0.1, 0.15) is 5.75 Å². The fraction of sp³-hybridized carbons (Fsp3) is 0.462. The van der Waals surface area contributed by atoms with Crippen LogP contribution in [0.5, 0.6) is 5.75 Å². The summed E-state index contributed by atoms with van der Waals surface area (Å²) in [6.45, 7) is 4.01. The fourth-order valence-electron chi connectivity index (χ4n) is 1.30. The summed E-state index contributed by atoms with van der Waals surface area (Å²) in [4.78, 5) is 14.2. The molecule has 0 aliphatic rings. The summed E-state index contributed by atoms with van der Waals surface area (Å²) in [7, 11) is 0. The molecule has 6 heteroatoms. The number of rotatable bonds is 7. The minimum atomic E-state index is -0.613. The second-order valence-corrected chi connectivity index (χ2v) is 4.59. The Morgan fingerprint density at radius 3 is 2.68 bits per heavy atom. The second kappa shape index (κ2) is 7.41. The number of benzene rings is 1. The van der Waals surface area contributed by atoms with Crippen LogP contribution in [0.3, 0.4) is 0 Å². The van der Waals surface area contributed by atoms with Gasteiger partial charge in [-0.1, -0.05) is 37.2 Å². The molecule has 0 N–H and O–H groups in total. The third-order valence-electron chi connectivity index (χ3n) is 2.20. The molecule has 0 saturated carbocycles. The van der Waals surface area contributed by atoms with Gasteiger partial charge in [0.25, 0.3) is 0 Å². The van der Waals surface area contributed by atoms with E-state index in [2.05, 4.69) is 10.0 Å². The zero-order valence-corrected chi connectivity index (χ0v) is 11.1. The molecule has 0 aliphatic heterocycles. The molecule has 0 unspecified atom stereocenters. The van der Waals surface area contributed by atoms with Gasteiger partial charge in [0, 0.05) is 4.91 Å². The maximum atomic E-state index is 11.5. The maximum absolute atomic E-state index is 11.5. The van der Waals surface area contributed by atoms with Gasteiger partial charge >= 0.3 is 5.97 Å². The number of nitrogens with zero attached hydrogens (tertiary/aromatic N) is 3. The van der Waals surface area contributed by atoms with Crippen LogP contribution in [-0.4, -0.2) is 24.7 Å². The van der Waals surface area contributed by atoms with Gasteiger partial charge in [0.05, 0.1) is 25.2 Å². The van der Waals surface area contributed by atoms with Crippen LogP contribution in [0.25, 0.3) is 10.4 Å². The number of hydrogen-bond acceptors (Lipinski definition) is 4. The van der Waals surface area contributed by atoms with E-state index in [4.69, 9.17) is 15.0 Å². The smallest absolute Gasteiger partial charge is 0.313 e. The molecule has 0 spiro atoms. The van der Waals surface area contributed by atoms with Crippen molar-refractivity contribution in [3.05, 3.63) is 40.8 Å². The molecular formula is C13H17N3O3. The van der Waals surface area contributed by atoms with E-state index in [0.717, 1.165) is 0 Å². The van der Waals surface area contributed by atoms with E-state index in [1.807, 2.05) is 6.07 Å². The Bertz CT molecular complexity index is 453. The number of esters is 1. The lowest BCUT2D eigenvalue weighted by molar-refractivity contribution is -0.135. The number of carbonyl (C=O) groups excluding carboxylic acids is 1. The topological polar surface area (TPSA) is 84.3 Å². The zero-order chi connectivity index (χ0) is 14.1. The number of carbonyl (C=O) groups is 1. The van der Waals surface area contributed by atoms with E-state index < -0.39 is 5.54 Å². The van der Waals surface area contributed by atoms with Crippen LogP contribution in [0.2, 0.25) is 0 Å². The Morgan fingerprint density at radius 1 is 1.37 bits per heavy atom. The highest BCUT2D eigenvalue weighted by atomic mass is 16.5. The minimum Gasteiger partial charge on any atom is -0.426 e. The van der Waals surface area contributed by atoms with Gasteiger partial charge in [0.2, 0.25) is 0 Å². The highest BCUT2D eigenvalue weighted by Gasteiger charge is 2.16. The molecule has 1 aromatic rings. The Kier molecular flexibility index (Phi) is 5.85. The summed E-state index contributed by atoms with van der Waals surface area (Å²) >= 11 is 0. The summed E-state index contributed by atoms with van der Waals surface area (Å²) in [6, 6.07) is 8.86. The standard InChI is InChI=1S/C13H17N3O3/c1-13(2,15-16-14)10-18-9-8-12(17)19-11-6-4-3-5-7-11/h3-7H,8-10H2,1-2H3. The van der Waals surface area contributed by atoms with Gasteiger partial charge in [-0.05, 0) is 17.7 Å². The van der Waals surface area contributed by atoms with Gasteiger partial charge in [-0.2, -0.15) is 0 Å². The predicted octanol–water partition coefficient (Wildman–Crippen LogP) is 3.09.